The van der Waals surface area contributed by atoms with Crippen molar-refractivity contribution in [3.63, 3.8) is 0 Å². The first-order valence-electron chi connectivity index (χ1n) is 9.36. The summed E-state index contributed by atoms with van der Waals surface area (Å²) in [6.07, 6.45) is 3.45. The van der Waals surface area contributed by atoms with Gasteiger partial charge >= 0.3 is 6.09 Å². The predicted molar refractivity (Wildman–Crippen MR) is 108 cm³/mol. The van der Waals surface area contributed by atoms with Gasteiger partial charge in [0.25, 0.3) is 0 Å². The lowest BCUT2D eigenvalue weighted by Crippen LogP contribution is -2.36. The van der Waals surface area contributed by atoms with Crippen molar-refractivity contribution in [1.82, 2.24) is 10.2 Å². The van der Waals surface area contributed by atoms with Crippen molar-refractivity contribution in [3.8, 4) is 5.75 Å². The summed E-state index contributed by atoms with van der Waals surface area (Å²) in [5.41, 5.74) is 0.749. The van der Waals surface area contributed by atoms with Crippen molar-refractivity contribution in [3.05, 3.63) is 28.2 Å². The third-order valence-corrected chi connectivity index (χ3v) is 4.75. The van der Waals surface area contributed by atoms with E-state index >= 15 is 0 Å². The van der Waals surface area contributed by atoms with Crippen LogP contribution < -0.4 is 10.1 Å². The first kappa shape index (κ1) is 21.0. The number of rotatable bonds is 6. The molecular weight excluding hydrogens is 396 g/mol. The molecule has 1 aliphatic heterocycles. The molecule has 1 N–H and O–H groups in total. The van der Waals surface area contributed by atoms with Crippen LogP contribution in [0.2, 0.25) is 0 Å². The summed E-state index contributed by atoms with van der Waals surface area (Å²) in [4.78, 5) is 14.2. The minimum Gasteiger partial charge on any atom is -0.492 e. The molecule has 0 saturated carbocycles. The van der Waals surface area contributed by atoms with Crippen molar-refractivity contribution in [2.45, 2.75) is 65.1 Å². The fourth-order valence-electron chi connectivity index (χ4n) is 3.06. The van der Waals surface area contributed by atoms with Crippen LogP contribution >= 0.6 is 15.9 Å². The molecule has 0 aromatic heterocycles. The maximum Gasteiger partial charge on any atom is 0.407 e. The Kier molecular flexibility index (Phi) is 7.77. The lowest BCUT2D eigenvalue weighted by Gasteiger charge is -2.33. The summed E-state index contributed by atoms with van der Waals surface area (Å²) < 4.78 is 12.0. The van der Waals surface area contributed by atoms with Crippen LogP contribution in [-0.4, -0.2) is 42.3 Å². The second-order valence-electron chi connectivity index (χ2n) is 7.89. The van der Waals surface area contributed by atoms with Gasteiger partial charge in [-0.1, -0.05) is 22.4 Å². The van der Waals surface area contributed by atoms with Gasteiger partial charge in [0, 0.05) is 17.1 Å². The van der Waals surface area contributed by atoms with Gasteiger partial charge < -0.3 is 14.8 Å². The van der Waals surface area contributed by atoms with E-state index in [2.05, 4.69) is 45.2 Å². The highest BCUT2D eigenvalue weighted by molar-refractivity contribution is 9.10. The maximum absolute atomic E-state index is 11.6. The SMILES string of the molecule is CC1CCCCN1Cc1cc(Br)cc(OCCNC(=O)OC(C)(C)C)c1. The second kappa shape index (κ2) is 9.60. The molecule has 1 aromatic rings. The Bertz CT molecular complexity index is 601. The molecule has 0 spiro atoms. The third kappa shape index (κ3) is 7.54. The molecule has 1 amide bonds. The number of carbonyl (C=O) groups is 1. The number of nitrogens with zero attached hydrogens (tertiary/aromatic N) is 1. The van der Waals surface area contributed by atoms with E-state index in [1.54, 1.807) is 0 Å². The Hall–Kier alpha value is -1.27. The Morgan fingerprint density at radius 1 is 1.31 bits per heavy atom. The number of amides is 1. The van der Waals surface area contributed by atoms with Crippen LogP contribution in [0, 0.1) is 0 Å². The average Bonchev–Trinajstić information content (AvgIpc) is 2.52. The number of halogens is 1. The number of piperidine rings is 1. The first-order chi connectivity index (χ1) is 12.2. The fraction of sp³-hybridized carbons (Fsp3) is 0.650. The van der Waals surface area contributed by atoms with E-state index in [0.717, 1.165) is 23.3 Å². The highest BCUT2D eigenvalue weighted by Crippen LogP contribution is 2.25. The molecule has 1 heterocycles. The van der Waals surface area contributed by atoms with Gasteiger partial charge in [0.15, 0.2) is 0 Å². The van der Waals surface area contributed by atoms with Crippen LogP contribution in [-0.2, 0) is 11.3 Å². The molecule has 26 heavy (non-hydrogen) atoms. The van der Waals surface area contributed by atoms with Crippen LogP contribution in [0.1, 0.15) is 52.5 Å². The van der Waals surface area contributed by atoms with E-state index in [-0.39, 0.29) is 0 Å². The number of hydrogen-bond donors (Lipinski definition) is 1. The molecule has 1 aromatic carbocycles. The van der Waals surface area contributed by atoms with E-state index in [1.807, 2.05) is 26.8 Å². The summed E-state index contributed by atoms with van der Waals surface area (Å²) in [5, 5.41) is 2.70. The summed E-state index contributed by atoms with van der Waals surface area (Å²) in [5.74, 6) is 0.810. The smallest absolute Gasteiger partial charge is 0.407 e. The van der Waals surface area contributed by atoms with Crippen molar-refractivity contribution in [2.24, 2.45) is 0 Å². The number of alkyl carbamates (subject to hydrolysis) is 1. The van der Waals surface area contributed by atoms with Gasteiger partial charge in [-0.3, -0.25) is 4.90 Å². The highest BCUT2D eigenvalue weighted by Gasteiger charge is 2.18. The molecule has 146 valence electrons. The molecule has 5 nitrogen and oxygen atoms in total. The molecule has 0 aliphatic carbocycles. The number of ether oxygens (including phenoxy) is 2. The fourth-order valence-corrected chi connectivity index (χ4v) is 3.58. The third-order valence-electron chi connectivity index (χ3n) is 4.30. The molecule has 0 bridgehead atoms. The summed E-state index contributed by atoms with van der Waals surface area (Å²) >= 11 is 3.57. The molecular formula is C20H31BrN2O3. The normalized spacial score (nSPS) is 18.4. The minimum absolute atomic E-state index is 0.398. The standard InChI is InChI=1S/C20H31BrN2O3/c1-15-7-5-6-9-23(15)14-16-11-17(21)13-18(12-16)25-10-8-22-19(24)26-20(2,3)4/h11-13,15H,5-10,14H2,1-4H3,(H,22,24). The zero-order chi connectivity index (χ0) is 19.2. The van der Waals surface area contributed by atoms with Crippen LogP contribution in [0.5, 0.6) is 5.75 Å². The van der Waals surface area contributed by atoms with Crippen LogP contribution in [0.15, 0.2) is 22.7 Å². The number of likely N-dealkylation sites (tertiary alicyclic amines) is 1. The van der Waals surface area contributed by atoms with Crippen molar-refractivity contribution in [1.29, 1.82) is 0 Å². The van der Waals surface area contributed by atoms with Gasteiger partial charge in [0.05, 0.1) is 6.54 Å². The summed E-state index contributed by atoms with van der Waals surface area (Å²) in [6, 6.07) is 6.81. The number of benzene rings is 1. The van der Waals surface area contributed by atoms with E-state index in [9.17, 15) is 4.79 Å². The van der Waals surface area contributed by atoms with Gasteiger partial charge in [0.2, 0.25) is 0 Å². The Morgan fingerprint density at radius 2 is 2.08 bits per heavy atom. The lowest BCUT2D eigenvalue weighted by atomic mass is 10.0. The van der Waals surface area contributed by atoms with E-state index in [1.165, 1.54) is 24.8 Å². The van der Waals surface area contributed by atoms with Crippen LogP contribution in [0.3, 0.4) is 0 Å². The number of carbonyl (C=O) groups excluding carboxylic acids is 1. The van der Waals surface area contributed by atoms with E-state index in [0.29, 0.717) is 19.2 Å². The van der Waals surface area contributed by atoms with E-state index < -0.39 is 11.7 Å². The quantitative estimate of drug-likeness (QED) is 0.668. The maximum atomic E-state index is 11.6. The first-order valence-corrected chi connectivity index (χ1v) is 10.2. The van der Waals surface area contributed by atoms with Crippen molar-refractivity contribution in [2.75, 3.05) is 19.7 Å². The number of hydrogen-bond acceptors (Lipinski definition) is 4. The largest absolute Gasteiger partial charge is 0.492 e. The summed E-state index contributed by atoms with van der Waals surface area (Å²) in [7, 11) is 0. The summed E-state index contributed by atoms with van der Waals surface area (Å²) in [6.45, 7) is 10.7. The minimum atomic E-state index is -0.490. The van der Waals surface area contributed by atoms with Gasteiger partial charge in [0.1, 0.15) is 18.0 Å². The molecule has 1 unspecified atom stereocenters. The van der Waals surface area contributed by atoms with Crippen molar-refractivity contribution >= 4 is 22.0 Å². The predicted octanol–water partition coefficient (Wildman–Crippen LogP) is 4.73. The molecule has 2 rings (SSSR count). The monoisotopic (exact) mass is 426 g/mol. The average molecular weight is 427 g/mol. The van der Waals surface area contributed by atoms with Crippen LogP contribution in [0.4, 0.5) is 4.79 Å². The molecule has 1 fully saturated rings. The Labute approximate surface area is 165 Å². The second-order valence-corrected chi connectivity index (χ2v) is 8.80. The Morgan fingerprint density at radius 3 is 2.77 bits per heavy atom. The molecule has 6 heteroatoms. The lowest BCUT2D eigenvalue weighted by molar-refractivity contribution is 0.0520. The zero-order valence-electron chi connectivity index (χ0n) is 16.3. The molecule has 1 atom stereocenters. The zero-order valence-corrected chi connectivity index (χ0v) is 17.9. The topological polar surface area (TPSA) is 50.8 Å². The van der Waals surface area contributed by atoms with Gasteiger partial charge in [-0.25, -0.2) is 4.79 Å². The molecule has 1 aliphatic rings. The van der Waals surface area contributed by atoms with Gasteiger partial charge in [-0.15, -0.1) is 0 Å². The molecule has 1 saturated heterocycles. The van der Waals surface area contributed by atoms with Crippen LogP contribution in [0.25, 0.3) is 0 Å². The van der Waals surface area contributed by atoms with Gasteiger partial charge in [-0.05, 0) is 70.8 Å². The van der Waals surface area contributed by atoms with E-state index in [4.69, 9.17) is 9.47 Å². The number of nitrogens with one attached hydrogen (secondary N) is 1. The van der Waals surface area contributed by atoms with Gasteiger partial charge in [-0.2, -0.15) is 0 Å². The molecule has 0 radical (unpaired) electrons. The highest BCUT2D eigenvalue weighted by atomic mass is 79.9. The Balaban J connectivity index is 1.82. The van der Waals surface area contributed by atoms with Crippen molar-refractivity contribution < 1.29 is 14.3 Å².